The van der Waals surface area contributed by atoms with Crippen molar-refractivity contribution in [3.05, 3.63) is 18.2 Å². The van der Waals surface area contributed by atoms with Crippen LogP contribution in [-0.2, 0) is 13.8 Å². The lowest BCUT2D eigenvalue weighted by Gasteiger charge is -2.32. The van der Waals surface area contributed by atoms with Crippen LogP contribution in [0.25, 0.3) is 0 Å². The van der Waals surface area contributed by atoms with Gasteiger partial charge in [-0.3, -0.25) is 4.79 Å². The van der Waals surface area contributed by atoms with Gasteiger partial charge in [0.1, 0.15) is 5.54 Å². The first-order valence-electron chi connectivity index (χ1n) is 4.88. The van der Waals surface area contributed by atoms with E-state index in [0.29, 0.717) is 11.4 Å². The molecule has 0 aliphatic carbocycles. The second-order valence-corrected chi connectivity index (χ2v) is 6.92. The summed E-state index contributed by atoms with van der Waals surface area (Å²) in [4.78, 5) is 11.6. The van der Waals surface area contributed by atoms with Crippen molar-refractivity contribution < 1.29 is 13.2 Å². The molecule has 1 amide bonds. The van der Waals surface area contributed by atoms with Crippen LogP contribution in [0.1, 0.15) is 13.8 Å². The molecule has 17 heavy (non-hydrogen) atoms. The third-order valence-corrected chi connectivity index (χ3v) is 3.89. The molecular weight excluding hydrogens is 264 g/mol. The Morgan fingerprint density at radius 1 is 1.24 bits per heavy atom. The number of amides is 1. The smallest absolute Gasteiger partial charge is 0.261 e. The fourth-order valence-electron chi connectivity index (χ4n) is 1.56. The Kier molecular flexibility index (Phi) is 2.59. The Morgan fingerprint density at radius 2 is 1.88 bits per heavy atom. The van der Waals surface area contributed by atoms with Gasteiger partial charge >= 0.3 is 0 Å². The standard InChI is InChI=1S/C10H11ClN2O3S/c1-10(2)9(14)12-7-4-3-6(17(11,15)16)5-8(7)13-10/h3-5,13H,1-2H3,(H,12,14). The van der Waals surface area contributed by atoms with Crippen molar-refractivity contribution >= 4 is 37.0 Å². The third-order valence-electron chi connectivity index (χ3n) is 2.54. The Labute approximate surface area is 104 Å². The second kappa shape index (κ2) is 3.61. The van der Waals surface area contributed by atoms with Crippen LogP contribution in [0.3, 0.4) is 0 Å². The van der Waals surface area contributed by atoms with Gasteiger partial charge < -0.3 is 10.6 Å². The van der Waals surface area contributed by atoms with Crippen LogP contribution in [0.5, 0.6) is 0 Å². The minimum absolute atomic E-state index is 0.00244. The molecule has 0 saturated carbocycles. The first-order valence-corrected chi connectivity index (χ1v) is 7.19. The van der Waals surface area contributed by atoms with Crippen molar-refractivity contribution in [2.75, 3.05) is 10.6 Å². The van der Waals surface area contributed by atoms with Gasteiger partial charge in [0.15, 0.2) is 0 Å². The van der Waals surface area contributed by atoms with Crippen LogP contribution >= 0.6 is 10.7 Å². The fourth-order valence-corrected chi connectivity index (χ4v) is 2.34. The van der Waals surface area contributed by atoms with Crippen LogP contribution in [0.4, 0.5) is 11.4 Å². The molecule has 7 heteroatoms. The number of halogens is 1. The molecule has 0 spiro atoms. The SMILES string of the molecule is CC1(C)Nc2cc(S(=O)(=O)Cl)ccc2NC1=O. The van der Waals surface area contributed by atoms with Gasteiger partial charge in [0.25, 0.3) is 9.05 Å². The van der Waals surface area contributed by atoms with E-state index in [-0.39, 0.29) is 10.8 Å². The molecule has 5 nitrogen and oxygen atoms in total. The number of carbonyl (C=O) groups excluding carboxylic acids is 1. The monoisotopic (exact) mass is 274 g/mol. The van der Waals surface area contributed by atoms with E-state index < -0.39 is 14.6 Å². The maximum absolute atomic E-state index is 11.6. The van der Waals surface area contributed by atoms with E-state index >= 15 is 0 Å². The molecule has 2 N–H and O–H groups in total. The fraction of sp³-hybridized carbons (Fsp3) is 0.300. The largest absolute Gasteiger partial charge is 0.370 e. The molecule has 1 aromatic carbocycles. The summed E-state index contributed by atoms with van der Waals surface area (Å²) in [5, 5.41) is 5.65. The minimum Gasteiger partial charge on any atom is -0.370 e. The van der Waals surface area contributed by atoms with E-state index in [9.17, 15) is 13.2 Å². The molecule has 1 aromatic rings. The second-order valence-electron chi connectivity index (χ2n) is 4.35. The molecule has 0 unspecified atom stereocenters. The Bertz CT molecular complexity index is 596. The van der Waals surface area contributed by atoms with Crippen molar-refractivity contribution in [3.63, 3.8) is 0 Å². The average molecular weight is 275 g/mol. The molecule has 1 heterocycles. The lowest BCUT2D eigenvalue weighted by molar-refractivity contribution is -0.119. The predicted molar refractivity (Wildman–Crippen MR) is 65.8 cm³/mol. The number of benzene rings is 1. The van der Waals surface area contributed by atoms with E-state index in [2.05, 4.69) is 10.6 Å². The summed E-state index contributed by atoms with van der Waals surface area (Å²) >= 11 is 0. The first kappa shape index (κ1) is 12.2. The van der Waals surface area contributed by atoms with E-state index in [1.807, 2.05) is 0 Å². The van der Waals surface area contributed by atoms with Gasteiger partial charge in [-0.1, -0.05) is 0 Å². The quantitative estimate of drug-likeness (QED) is 0.765. The van der Waals surface area contributed by atoms with E-state index in [1.165, 1.54) is 18.2 Å². The summed E-state index contributed by atoms with van der Waals surface area (Å²) in [6.45, 7) is 3.40. The molecule has 0 saturated heterocycles. The van der Waals surface area contributed by atoms with Gasteiger partial charge in [0.2, 0.25) is 5.91 Å². The summed E-state index contributed by atoms with van der Waals surface area (Å²) in [7, 11) is 1.49. The zero-order chi connectivity index (χ0) is 12.8. The minimum atomic E-state index is -3.77. The molecule has 1 aliphatic rings. The number of fused-ring (bicyclic) bond motifs is 1. The molecule has 2 rings (SSSR count). The lowest BCUT2D eigenvalue weighted by atomic mass is 10.0. The highest BCUT2D eigenvalue weighted by Gasteiger charge is 2.33. The van der Waals surface area contributed by atoms with Crippen LogP contribution in [0, 0.1) is 0 Å². The van der Waals surface area contributed by atoms with Crippen molar-refractivity contribution in [1.29, 1.82) is 0 Å². The summed E-state index contributed by atoms with van der Waals surface area (Å²) in [6.07, 6.45) is 0. The van der Waals surface area contributed by atoms with Gasteiger partial charge in [-0.15, -0.1) is 0 Å². The molecule has 0 radical (unpaired) electrons. The number of rotatable bonds is 1. The van der Waals surface area contributed by atoms with Crippen molar-refractivity contribution in [3.8, 4) is 0 Å². The van der Waals surface area contributed by atoms with E-state index in [4.69, 9.17) is 10.7 Å². The zero-order valence-corrected chi connectivity index (χ0v) is 10.8. The number of hydrogen-bond donors (Lipinski definition) is 2. The predicted octanol–water partition coefficient (Wildman–Crippen LogP) is 1.76. The van der Waals surface area contributed by atoms with Gasteiger partial charge in [0, 0.05) is 10.7 Å². The van der Waals surface area contributed by atoms with Crippen LogP contribution in [0.2, 0.25) is 0 Å². The van der Waals surface area contributed by atoms with Crippen molar-refractivity contribution in [2.45, 2.75) is 24.3 Å². The van der Waals surface area contributed by atoms with Gasteiger partial charge in [-0.25, -0.2) is 8.42 Å². The number of nitrogens with one attached hydrogen (secondary N) is 2. The first-order chi connectivity index (χ1) is 7.70. The topological polar surface area (TPSA) is 75.3 Å². The Morgan fingerprint density at radius 3 is 2.47 bits per heavy atom. The summed E-state index contributed by atoms with van der Waals surface area (Å²) in [5.74, 6) is -0.175. The van der Waals surface area contributed by atoms with E-state index in [1.54, 1.807) is 13.8 Å². The molecule has 0 bridgehead atoms. The Hall–Kier alpha value is -1.27. The Balaban J connectivity index is 2.52. The maximum atomic E-state index is 11.6. The zero-order valence-electron chi connectivity index (χ0n) is 9.24. The highest BCUT2D eigenvalue weighted by atomic mass is 35.7. The number of carbonyl (C=O) groups is 1. The molecular formula is C10H11ClN2O3S. The van der Waals surface area contributed by atoms with Crippen molar-refractivity contribution in [2.24, 2.45) is 0 Å². The van der Waals surface area contributed by atoms with Crippen LogP contribution in [0.15, 0.2) is 23.1 Å². The van der Waals surface area contributed by atoms with E-state index in [0.717, 1.165) is 0 Å². The maximum Gasteiger partial charge on any atom is 0.261 e. The molecule has 0 fully saturated rings. The molecule has 92 valence electrons. The molecule has 0 atom stereocenters. The third kappa shape index (κ3) is 2.23. The number of anilines is 2. The molecule has 1 aliphatic heterocycles. The van der Waals surface area contributed by atoms with Crippen LogP contribution < -0.4 is 10.6 Å². The van der Waals surface area contributed by atoms with Gasteiger partial charge in [-0.2, -0.15) is 0 Å². The van der Waals surface area contributed by atoms with Crippen LogP contribution in [-0.4, -0.2) is 19.9 Å². The van der Waals surface area contributed by atoms with Gasteiger partial charge in [-0.05, 0) is 32.0 Å². The average Bonchev–Trinajstić information content (AvgIpc) is 2.17. The summed E-state index contributed by atoms with van der Waals surface area (Å²) in [5.41, 5.74) is 0.288. The van der Waals surface area contributed by atoms with Gasteiger partial charge in [0.05, 0.1) is 16.3 Å². The lowest BCUT2D eigenvalue weighted by Crippen LogP contribution is -2.47. The molecule has 0 aromatic heterocycles. The highest BCUT2D eigenvalue weighted by Crippen LogP contribution is 2.33. The normalized spacial score (nSPS) is 17.9. The summed E-state index contributed by atoms with van der Waals surface area (Å²) in [6, 6.07) is 4.26. The van der Waals surface area contributed by atoms with Crippen molar-refractivity contribution in [1.82, 2.24) is 0 Å². The summed E-state index contributed by atoms with van der Waals surface area (Å²) < 4.78 is 22.4. The highest BCUT2D eigenvalue weighted by molar-refractivity contribution is 8.13. The number of hydrogen-bond acceptors (Lipinski definition) is 4.